The Morgan fingerprint density at radius 3 is 2.47 bits per heavy atom. The third-order valence-corrected chi connectivity index (χ3v) is 5.37. The summed E-state index contributed by atoms with van der Waals surface area (Å²) >= 11 is 0. The van der Waals surface area contributed by atoms with Gasteiger partial charge in [0.2, 0.25) is 0 Å². The van der Waals surface area contributed by atoms with Crippen LogP contribution in [0.25, 0.3) is 0 Å². The molecule has 36 heavy (non-hydrogen) atoms. The average molecular weight is 513 g/mol. The van der Waals surface area contributed by atoms with Gasteiger partial charge in [-0.25, -0.2) is 4.79 Å². The zero-order valence-corrected chi connectivity index (χ0v) is 18.5. The van der Waals surface area contributed by atoms with Crippen LogP contribution >= 0.6 is 0 Å². The van der Waals surface area contributed by atoms with Gasteiger partial charge >= 0.3 is 47.7 Å². The van der Waals surface area contributed by atoms with Crippen molar-refractivity contribution in [3.63, 3.8) is 0 Å². The summed E-state index contributed by atoms with van der Waals surface area (Å²) in [4.78, 5) is 49.2. The molecule has 0 fully saturated rings. The molecule has 0 aromatic heterocycles. The van der Waals surface area contributed by atoms with Crippen LogP contribution in [0.1, 0.15) is 34.7 Å². The van der Waals surface area contributed by atoms with Crippen LogP contribution in [0.15, 0.2) is 60.8 Å². The number of carbonyl (C=O) groups is 4. The van der Waals surface area contributed by atoms with Crippen LogP contribution < -0.4 is 10.6 Å². The molecule has 0 saturated heterocycles. The number of ketones is 1. The first-order valence-electron chi connectivity index (χ1n) is 10.5. The van der Waals surface area contributed by atoms with Crippen molar-refractivity contribution >= 4 is 53.2 Å². The number of carbonyl (C=O) groups excluding carboxylic acids is 3. The summed E-state index contributed by atoms with van der Waals surface area (Å²) in [6.45, 7) is 0. The zero-order valence-electron chi connectivity index (χ0n) is 18.5. The molecule has 186 valence electrons. The summed E-state index contributed by atoms with van der Waals surface area (Å²) in [5, 5.41) is 14.0. The predicted octanol–water partition coefficient (Wildman–Crippen LogP) is 2.39. The maximum absolute atomic E-state index is 13.3. The van der Waals surface area contributed by atoms with Gasteiger partial charge in [-0.1, -0.05) is 42.5 Å². The number of nitrogens with zero attached hydrogens (tertiary/aromatic N) is 1. The number of urea groups is 1. The van der Waals surface area contributed by atoms with E-state index >= 15 is 0 Å². The van der Waals surface area contributed by atoms with Gasteiger partial charge < -0.3 is 20.6 Å². The molecular formula is C24H23F3N3NaO5. The van der Waals surface area contributed by atoms with Crippen LogP contribution in [0.4, 0.5) is 18.0 Å². The van der Waals surface area contributed by atoms with Gasteiger partial charge in [-0.2, -0.15) is 13.2 Å². The van der Waals surface area contributed by atoms with E-state index in [9.17, 15) is 37.5 Å². The first kappa shape index (κ1) is 29.1. The summed E-state index contributed by atoms with van der Waals surface area (Å²) in [5.41, 5.74) is 0.0824. The van der Waals surface area contributed by atoms with Gasteiger partial charge in [-0.3, -0.25) is 14.4 Å². The molecule has 2 aromatic rings. The van der Waals surface area contributed by atoms with Crippen molar-refractivity contribution in [1.82, 2.24) is 15.5 Å². The third kappa shape index (κ3) is 7.42. The van der Waals surface area contributed by atoms with E-state index in [0.717, 1.165) is 17.0 Å². The number of benzene rings is 2. The topological polar surface area (TPSA) is 116 Å². The number of alkyl halides is 3. The summed E-state index contributed by atoms with van der Waals surface area (Å²) < 4.78 is 40.0. The van der Waals surface area contributed by atoms with Gasteiger partial charge in [-0.05, 0) is 29.2 Å². The monoisotopic (exact) mass is 513 g/mol. The Kier molecular flexibility index (Phi) is 9.85. The fourth-order valence-corrected chi connectivity index (χ4v) is 3.66. The number of hydrogen-bond donors (Lipinski definition) is 3. The molecule has 12 heteroatoms. The van der Waals surface area contributed by atoms with Crippen LogP contribution in [0.5, 0.6) is 0 Å². The number of carboxylic acids is 1. The van der Waals surface area contributed by atoms with E-state index in [2.05, 4.69) is 10.6 Å². The van der Waals surface area contributed by atoms with Gasteiger partial charge in [0.15, 0.2) is 11.8 Å². The molecule has 2 atom stereocenters. The molecule has 0 radical (unpaired) electrons. The van der Waals surface area contributed by atoms with Gasteiger partial charge in [-0.15, -0.1) is 0 Å². The van der Waals surface area contributed by atoms with Crippen LogP contribution in [-0.4, -0.2) is 76.3 Å². The molecule has 0 bridgehead atoms. The second-order valence-electron chi connectivity index (χ2n) is 7.95. The number of rotatable bonds is 7. The van der Waals surface area contributed by atoms with Crippen molar-refractivity contribution in [1.29, 1.82) is 0 Å². The van der Waals surface area contributed by atoms with E-state index in [4.69, 9.17) is 0 Å². The van der Waals surface area contributed by atoms with Gasteiger partial charge in [0, 0.05) is 19.3 Å². The number of nitrogens with one attached hydrogen (secondary N) is 2. The molecule has 2 unspecified atom stereocenters. The Labute approximate surface area is 226 Å². The fraction of sp³-hybridized carbons (Fsp3) is 0.250. The van der Waals surface area contributed by atoms with Crippen molar-refractivity contribution < 1.29 is 37.5 Å². The SMILES string of the molecule is CN1C=CC(=O)C(NC(=O)NC(CC(=O)O)c2cccc(Cc3ccccc3C(F)(F)F)c2)C1=O.[NaH]. The number of carboxylic acid groups (broad SMARTS) is 1. The summed E-state index contributed by atoms with van der Waals surface area (Å²) in [5.74, 6) is -2.54. The van der Waals surface area contributed by atoms with Crippen molar-refractivity contribution in [2.45, 2.75) is 31.1 Å². The quantitative estimate of drug-likeness (QED) is 0.389. The van der Waals surface area contributed by atoms with E-state index in [1.54, 1.807) is 12.1 Å². The molecule has 3 N–H and O–H groups in total. The molecule has 8 nitrogen and oxygen atoms in total. The predicted molar refractivity (Wildman–Crippen MR) is 125 cm³/mol. The first-order valence-corrected chi connectivity index (χ1v) is 10.5. The van der Waals surface area contributed by atoms with Crippen molar-refractivity contribution in [2.75, 3.05) is 7.05 Å². The molecule has 1 aliphatic heterocycles. The number of hydrogen-bond acceptors (Lipinski definition) is 4. The first-order chi connectivity index (χ1) is 16.5. The maximum atomic E-state index is 13.3. The Morgan fingerprint density at radius 1 is 1.11 bits per heavy atom. The Bertz CT molecular complexity index is 1190. The molecule has 1 heterocycles. The van der Waals surface area contributed by atoms with Crippen molar-refractivity contribution in [2.24, 2.45) is 0 Å². The van der Waals surface area contributed by atoms with Crippen molar-refractivity contribution in [3.8, 4) is 0 Å². The fourth-order valence-electron chi connectivity index (χ4n) is 3.66. The van der Waals surface area contributed by atoms with E-state index in [1.807, 2.05) is 0 Å². The molecule has 0 spiro atoms. The molecule has 3 rings (SSSR count). The van der Waals surface area contributed by atoms with E-state index in [-0.39, 0.29) is 41.5 Å². The second-order valence-corrected chi connectivity index (χ2v) is 7.95. The standard InChI is InChI=1S/C24H22F3N3O5.Na.H/c1-30-10-9-19(31)21(22(30)34)29-23(35)28-18(13-20(32)33)16-7-4-5-14(12-16)11-15-6-2-3-8-17(15)24(25,26)27;;/h2-10,12,18,21H,11,13H2,1H3,(H,32,33)(H2,28,29,35);;. The van der Waals surface area contributed by atoms with E-state index < -0.39 is 53.9 Å². The van der Waals surface area contributed by atoms with Crippen LogP contribution in [0.3, 0.4) is 0 Å². The normalized spacial score (nSPS) is 16.2. The number of amides is 3. The minimum atomic E-state index is -4.53. The van der Waals surface area contributed by atoms with E-state index in [0.29, 0.717) is 11.1 Å². The minimum absolute atomic E-state index is 0. The Hall–Kier alpha value is -3.15. The molecular weight excluding hydrogens is 490 g/mol. The number of likely N-dealkylation sites (N-methyl/N-ethyl adjacent to an activating group) is 1. The number of aliphatic carboxylic acids is 1. The summed E-state index contributed by atoms with van der Waals surface area (Å²) in [6, 6.07) is 7.83. The number of halogens is 3. The van der Waals surface area contributed by atoms with Gasteiger partial charge in [0.1, 0.15) is 0 Å². The third-order valence-electron chi connectivity index (χ3n) is 5.37. The summed E-state index contributed by atoms with van der Waals surface area (Å²) in [6.07, 6.45) is -2.75. The van der Waals surface area contributed by atoms with Crippen LogP contribution in [0, 0.1) is 0 Å². The molecule has 3 amide bonds. The summed E-state index contributed by atoms with van der Waals surface area (Å²) in [7, 11) is 1.41. The molecule has 2 aromatic carbocycles. The van der Waals surface area contributed by atoms with Gasteiger partial charge in [0.25, 0.3) is 5.91 Å². The molecule has 1 aliphatic rings. The average Bonchev–Trinajstić information content (AvgIpc) is 2.78. The second kappa shape index (κ2) is 12.2. The van der Waals surface area contributed by atoms with E-state index in [1.165, 1.54) is 43.6 Å². The van der Waals surface area contributed by atoms with Gasteiger partial charge in [0.05, 0.1) is 18.0 Å². The Balaban J connectivity index is 0.00000456. The van der Waals surface area contributed by atoms with Crippen molar-refractivity contribution in [3.05, 3.63) is 83.1 Å². The Morgan fingerprint density at radius 2 is 1.81 bits per heavy atom. The van der Waals surface area contributed by atoms with Crippen LogP contribution in [-0.2, 0) is 27.0 Å². The zero-order chi connectivity index (χ0) is 25.8. The molecule has 0 aliphatic carbocycles. The van der Waals surface area contributed by atoms with Crippen LogP contribution in [0.2, 0.25) is 0 Å². The molecule has 0 saturated carbocycles.